The van der Waals surface area contributed by atoms with Crippen LogP contribution in [0.4, 0.5) is 0 Å². The molecule has 2 aliphatic rings. The van der Waals surface area contributed by atoms with Crippen LogP contribution in [-0.2, 0) is 6.54 Å². The van der Waals surface area contributed by atoms with Crippen molar-refractivity contribution in [2.24, 2.45) is 5.92 Å². The zero-order chi connectivity index (χ0) is 19.5. The largest absolute Gasteiger partial charge is 0.454 e. The number of rotatable bonds is 4. The summed E-state index contributed by atoms with van der Waals surface area (Å²) < 4.78 is 10.7. The predicted octanol–water partition coefficient (Wildman–Crippen LogP) is 3.22. The first-order valence-corrected chi connectivity index (χ1v) is 9.66. The summed E-state index contributed by atoms with van der Waals surface area (Å²) in [6, 6.07) is 12.5. The van der Waals surface area contributed by atoms with Crippen molar-refractivity contribution in [3.8, 4) is 11.5 Å². The molecule has 2 heterocycles. The molecule has 2 aromatic carbocycles. The van der Waals surface area contributed by atoms with Crippen LogP contribution in [0.25, 0.3) is 0 Å². The Hall–Kier alpha value is -3.02. The molecule has 0 spiro atoms. The lowest BCUT2D eigenvalue weighted by Crippen LogP contribution is -2.39. The molecule has 1 fully saturated rings. The minimum absolute atomic E-state index is 0.00280. The molecule has 6 nitrogen and oxygen atoms in total. The SMILES string of the molecule is CC1CCCN(C(=O)c2cccc(C(=O)NCc3ccc4c(c3)OCO4)c2)C1. The summed E-state index contributed by atoms with van der Waals surface area (Å²) in [7, 11) is 0. The van der Waals surface area contributed by atoms with Gasteiger partial charge < -0.3 is 19.7 Å². The molecule has 1 N–H and O–H groups in total. The van der Waals surface area contributed by atoms with Gasteiger partial charge in [-0.1, -0.05) is 19.1 Å². The van der Waals surface area contributed by atoms with Gasteiger partial charge in [-0.15, -0.1) is 0 Å². The van der Waals surface area contributed by atoms with Crippen molar-refractivity contribution in [2.75, 3.05) is 19.9 Å². The van der Waals surface area contributed by atoms with Gasteiger partial charge in [0.1, 0.15) is 0 Å². The number of fused-ring (bicyclic) bond motifs is 1. The number of nitrogens with one attached hydrogen (secondary N) is 1. The monoisotopic (exact) mass is 380 g/mol. The Morgan fingerprint density at radius 3 is 2.79 bits per heavy atom. The molecule has 2 amide bonds. The molecule has 0 aromatic heterocycles. The molecular weight excluding hydrogens is 356 g/mol. The maximum absolute atomic E-state index is 12.8. The fourth-order valence-corrected chi connectivity index (χ4v) is 3.69. The highest BCUT2D eigenvalue weighted by molar-refractivity contribution is 5.99. The van der Waals surface area contributed by atoms with E-state index >= 15 is 0 Å². The van der Waals surface area contributed by atoms with E-state index in [-0.39, 0.29) is 18.6 Å². The lowest BCUT2D eigenvalue weighted by molar-refractivity contribution is 0.0683. The fraction of sp³-hybridized carbons (Fsp3) is 0.364. The fourth-order valence-electron chi connectivity index (χ4n) is 3.69. The van der Waals surface area contributed by atoms with Crippen LogP contribution >= 0.6 is 0 Å². The zero-order valence-corrected chi connectivity index (χ0v) is 15.9. The Morgan fingerprint density at radius 2 is 1.93 bits per heavy atom. The van der Waals surface area contributed by atoms with E-state index in [1.54, 1.807) is 24.3 Å². The minimum atomic E-state index is -0.209. The van der Waals surface area contributed by atoms with Gasteiger partial charge in [0.05, 0.1) is 0 Å². The number of benzene rings is 2. The zero-order valence-electron chi connectivity index (χ0n) is 15.9. The maximum Gasteiger partial charge on any atom is 0.253 e. The number of hydrogen-bond acceptors (Lipinski definition) is 4. The van der Waals surface area contributed by atoms with Crippen LogP contribution in [0.15, 0.2) is 42.5 Å². The molecule has 0 saturated carbocycles. The third kappa shape index (κ3) is 3.96. The van der Waals surface area contributed by atoms with E-state index in [4.69, 9.17) is 9.47 Å². The molecule has 0 aliphatic carbocycles. The average molecular weight is 380 g/mol. The molecule has 28 heavy (non-hydrogen) atoms. The number of carbonyl (C=O) groups is 2. The lowest BCUT2D eigenvalue weighted by Gasteiger charge is -2.31. The molecule has 4 rings (SSSR count). The molecule has 2 aliphatic heterocycles. The summed E-state index contributed by atoms with van der Waals surface area (Å²) in [6.07, 6.45) is 2.19. The van der Waals surface area contributed by atoms with Crippen LogP contribution in [0.5, 0.6) is 11.5 Å². The Morgan fingerprint density at radius 1 is 1.11 bits per heavy atom. The van der Waals surface area contributed by atoms with Crippen LogP contribution < -0.4 is 14.8 Å². The summed E-state index contributed by atoms with van der Waals surface area (Å²) in [5, 5.41) is 2.90. The summed E-state index contributed by atoms with van der Waals surface area (Å²) in [5.74, 6) is 1.71. The quantitative estimate of drug-likeness (QED) is 0.884. The van der Waals surface area contributed by atoms with Crippen LogP contribution in [0.3, 0.4) is 0 Å². The first-order chi connectivity index (χ1) is 13.6. The Kier molecular flexibility index (Phi) is 5.19. The van der Waals surface area contributed by atoms with Crippen molar-refractivity contribution < 1.29 is 19.1 Å². The minimum Gasteiger partial charge on any atom is -0.454 e. The van der Waals surface area contributed by atoms with Crippen molar-refractivity contribution in [3.63, 3.8) is 0 Å². The second-order valence-electron chi connectivity index (χ2n) is 7.45. The number of nitrogens with zero attached hydrogens (tertiary/aromatic N) is 1. The van der Waals surface area contributed by atoms with E-state index in [2.05, 4.69) is 12.2 Å². The van der Waals surface area contributed by atoms with Crippen LogP contribution in [0, 0.1) is 5.92 Å². The highest BCUT2D eigenvalue weighted by atomic mass is 16.7. The molecule has 1 atom stereocenters. The molecule has 1 saturated heterocycles. The molecule has 0 bridgehead atoms. The number of amides is 2. The van der Waals surface area contributed by atoms with Crippen LogP contribution in [0.1, 0.15) is 46.0 Å². The number of likely N-dealkylation sites (tertiary alicyclic amines) is 1. The Bertz CT molecular complexity index is 896. The van der Waals surface area contributed by atoms with Gasteiger partial charge in [-0.2, -0.15) is 0 Å². The number of hydrogen-bond donors (Lipinski definition) is 1. The number of ether oxygens (including phenoxy) is 2. The van der Waals surface area contributed by atoms with Gasteiger partial charge in [0, 0.05) is 30.8 Å². The standard InChI is InChI=1S/C22H24N2O4/c1-15-4-3-9-24(13-15)22(26)18-6-2-5-17(11-18)21(25)23-12-16-7-8-19-20(10-16)28-14-27-19/h2,5-8,10-11,15H,3-4,9,12-14H2,1H3,(H,23,25). The molecule has 0 radical (unpaired) electrons. The lowest BCUT2D eigenvalue weighted by atomic mass is 9.99. The maximum atomic E-state index is 12.8. The predicted molar refractivity (Wildman–Crippen MR) is 104 cm³/mol. The summed E-state index contributed by atoms with van der Waals surface area (Å²) in [6.45, 7) is 4.32. The number of carbonyl (C=O) groups excluding carboxylic acids is 2. The van der Waals surface area contributed by atoms with Crippen molar-refractivity contribution in [2.45, 2.75) is 26.3 Å². The highest BCUT2D eigenvalue weighted by Gasteiger charge is 2.22. The average Bonchev–Trinajstić information content (AvgIpc) is 3.19. The van der Waals surface area contributed by atoms with Crippen molar-refractivity contribution in [1.82, 2.24) is 10.2 Å². The van der Waals surface area contributed by atoms with Gasteiger partial charge in [0.15, 0.2) is 11.5 Å². The second kappa shape index (κ2) is 7.92. The van der Waals surface area contributed by atoms with E-state index in [0.29, 0.717) is 35.1 Å². The van der Waals surface area contributed by atoms with E-state index < -0.39 is 0 Å². The summed E-state index contributed by atoms with van der Waals surface area (Å²) in [4.78, 5) is 27.2. The smallest absolute Gasteiger partial charge is 0.253 e. The first kappa shape index (κ1) is 18.3. The molecule has 1 unspecified atom stereocenters. The topological polar surface area (TPSA) is 67.9 Å². The Balaban J connectivity index is 1.40. The van der Waals surface area contributed by atoms with Crippen LogP contribution in [-0.4, -0.2) is 36.6 Å². The normalized spacial score (nSPS) is 18.0. The van der Waals surface area contributed by atoms with Crippen molar-refractivity contribution in [3.05, 3.63) is 59.2 Å². The Labute approximate surface area is 164 Å². The third-order valence-corrected chi connectivity index (χ3v) is 5.21. The van der Waals surface area contributed by atoms with E-state index in [1.807, 2.05) is 23.1 Å². The van der Waals surface area contributed by atoms with Crippen molar-refractivity contribution >= 4 is 11.8 Å². The molecular formula is C22H24N2O4. The number of piperidine rings is 1. The molecule has 2 aromatic rings. The van der Waals surface area contributed by atoms with Crippen LogP contribution in [0.2, 0.25) is 0 Å². The second-order valence-corrected chi connectivity index (χ2v) is 7.45. The van der Waals surface area contributed by atoms with Gasteiger partial charge in [0.2, 0.25) is 6.79 Å². The van der Waals surface area contributed by atoms with Crippen molar-refractivity contribution in [1.29, 1.82) is 0 Å². The van der Waals surface area contributed by atoms with E-state index in [0.717, 1.165) is 31.5 Å². The molecule has 146 valence electrons. The van der Waals surface area contributed by atoms with E-state index in [9.17, 15) is 9.59 Å². The van der Waals surface area contributed by atoms with Gasteiger partial charge in [-0.05, 0) is 54.7 Å². The van der Waals surface area contributed by atoms with Gasteiger partial charge in [0.25, 0.3) is 11.8 Å². The molecule has 6 heteroatoms. The first-order valence-electron chi connectivity index (χ1n) is 9.66. The highest BCUT2D eigenvalue weighted by Crippen LogP contribution is 2.32. The van der Waals surface area contributed by atoms with Gasteiger partial charge in [-0.3, -0.25) is 9.59 Å². The van der Waals surface area contributed by atoms with E-state index in [1.165, 1.54) is 0 Å². The van der Waals surface area contributed by atoms with Gasteiger partial charge in [-0.25, -0.2) is 0 Å². The van der Waals surface area contributed by atoms with Gasteiger partial charge >= 0.3 is 0 Å². The summed E-state index contributed by atoms with van der Waals surface area (Å²) >= 11 is 0. The summed E-state index contributed by atoms with van der Waals surface area (Å²) in [5.41, 5.74) is 1.97. The third-order valence-electron chi connectivity index (χ3n) is 5.21.